The third kappa shape index (κ3) is 5.03. The summed E-state index contributed by atoms with van der Waals surface area (Å²) in [6.07, 6.45) is 5.02. The van der Waals surface area contributed by atoms with Crippen molar-refractivity contribution in [2.24, 2.45) is 0 Å². The lowest BCUT2D eigenvalue weighted by molar-refractivity contribution is 0.606. The van der Waals surface area contributed by atoms with Gasteiger partial charge in [-0.3, -0.25) is 0 Å². The molecule has 0 heterocycles. The zero-order valence-electron chi connectivity index (χ0n) is 12.9. The average Bonchev–Trinajstić information content (AvgIpc) is 2.49. The average molecular weight is 393 g/mol. The van der Waals surface area contributed by atoms with Crippen molar-refractivity contribution in [1.29, 1.82) is 0 Å². The fourth-order valence-corrected chi connectivity index (χ4v) is 3.23. The van der Waals surface area contributed by atoms with E-state index in [1.54, 1.807) is 0 Å². The maximum atomic E-state index is 3.75. The van der Waals surface area contributed by atoms with Gasteiger partial charge in [0.25, 0.3) is 0 Å². The van der Waals surface area contributed by atoms with Gasteiger partial charge in [0.15, 0.2) is 0 Å². The summed E-state index contributed by atoms with van der Waals surface area (Å²) in [5.74, 6) is 0. The Balaban J connectivity index is 2.15. The predicted octanol–water partition coefficient (Wildman–Crippen LogP) is 6.33. The van der Waals surface area contributed by atoms with Gasteiger partial charge in [-0.25, -0.2) is 0 Å². The van der Waals surface area contributed by atoms with Crippen LogP contribution in [0.25, 0.3) is 0 Å². The first-order valence-corrected chi connectivity index (χ1v) is 8.86. The quantitative estimate of drug-likeness (QED) is 0.428. The Kier molecular flexibility index (Phi) is 6.55. The monoisotopic (exact) mass is 393 g/mol. The Hall–Kier alpha value is -1.03. The van der Waals surface area contributed by atoms with Crippen LogP contribution in [0.5, 0.6) is 0 Å². The molecule has 2 heteroatoms. The molecule has 0 fully saturated rings. The second-order valence-electron chi connectivity index (χ2n) is 5.56. The molecule has 2 aromatic rings. The number of nitrogens with one attached hydrogen (secondary N) is 1. The molecule has 0 aromatic heterocycles. The van der Waals surface area contributed by atoms with Gasteiger partial charge in [0.05, 0.1) is 6.04 Å². The van der Waals surface area contributed by atoms with Crippen LogP contribution in [0.15, 0.2) is 48.5 Å². The van der Waals surface area contributed by atoms with E-state index in [2.05, 4.69) is 90.3 Å². The van der Waals surface area contributed by atoms with Crippen molar-refractivity contribution in [2.45, 2.75) is 45.6 Å². The molecule has 1 unspecified atom stereocenters. The number of anilines is 1. The summed E-state index contributed by atoms with van der Waals surface area (Å²) in [6, 6.07) is 17.8. The van der Waals surface area contributed by atoms with Crippen molar-refractivity contribution >= 4 is 28.3 Å². The highest BCUT2D eigenvalue weighted by atomic mass is 127. The maximum Gasteiger partial charge on any atom is 0.0513 e. The molecule has 112 valence electrons. The topological polar surface area (TPSA) is 12.0 Å². The normalized spacial score (nSPS) is 12.1. The van der Waals surface area contributed by atoms with E-state index in [9.17, 15) is 0 Å². The van der Waals surface area contributed by atoms with Crippen LogP contribution in [0, 0.1) is 10.5 Å². The van der Waals surface area contributed by atoms with Crippen molar-refractivity contribution in [3.05, 3.63) is 63.2 Å². The number of halogens is 1. The number of rotatable bonds is 7. The predicted molar refractivity (Wildman–Crippen MR) is 101 cm³/mol. The highest BCUT2D eigenvalue weighted by Gasteiger charge is 2.12. The molecule has 0 saturated heterocycles. The Labute approximate surface area is 142 Å². The van der Waals surface area contributed by atoms with Gasteiger partial charge in [0.1, 0.15) is 0 Å². The van der Waals surface area contributed by atoms with E-state index in [4.69, 9.17) is 0 Å². The summed E-state index contributed by atoms with van der Waals surface area (Å²) in [5, 5.41) is 3.75. The fraction of sp³-hybridized carbons (Fsp3) is 0.368. The molecule has 0 spiro atoms. The smallest absolute Gasteiger partial charge is 0.0513 e. The molecule has 0 radical (unpaired) electrons. The molecule has 0 saturated carbocycles. The van der Waals surface area contributed by atoms with Crippen molar-refractivity contribution in [3.8, 4) is 0 Å². The molecule has 0 amide bonds. The Morgan fingerprint density at radius 3 is 2.48 bits per heavy atom. The summed E-state index contributed by atoms with van der Waals surface area (Å²) in [6.45, 7) is 4.44. The SMILES string of the molecule is CCCCCC(Nc1ccc(I)cc1C)c1ccccc1. The van der Waals surface area contributed by atoms with Crippen LogP contribution < -0.4 is 5.32 Å². The summed E-state index contributed by atoms with van der Waals surface area (Å²) < 4.78 is 1.29. The van der Waals surface area contributed by atoms with Gasteiger partial charge >= 0.3 is 0 Å². The van der Waals surface area contributed by atoms with Crippen molar-refractivity contribution in [2.75, 3.05) is 5.32 Å². The Bertz CT molecular complexity index is 551. The minimum atomic E-state index is 0.400. The van der Waals surface area contributed by atoms with E-state index < -0.39 is 0 Å². The van der Waals surface area contributed by atoms with Crippen LogP contribution in [0.4, 0.5) is 5.69 Å². The van der Waals surface area contributed by atoms with Gasteiger partial charge in [-0.05, 0) is 65.3 Å². The lowest BCUT2D eigenvalue weighted by Gasteiger charge is -2.22. The maximum absolute atomic E-state index is 3.75. The minimum absolute atomic E-state index is 0.400. The number of hydrogen-bond acceptors (Lipinski definition) is 1. The van der Waals surface area contributed by atoms with Crippen molar-refractivity contribution < 1.29 is 0 Å². The summed E-state index contributed by atoms with van der Waals surface area (Å²) >= 11 is 2.37. The van der Waals surface area contributed by atoms with E-state index in [0.29, 0.717) is 6.04 Å². The first-order valence-electron chi connectivity index (χ1n) is 7.78. The Morgan fingerprint density at radius 2 is 1.81 bits per heavy atom. The van der Waals surface area contributed by atoms with Gasteiger partial charge in [0, 0.05) is 9.26 Å². The molecule has 0 bridgehead atoms. The summed E-state index contributed by atoms with van der Waals surface area (Å²) in [5.41, 5.74) is 3.95. The second-order valence-corrected chi connectivity index (χ2v) is 6.81. The van der Waals surface area contributed by atoms with Gasteiger partial charge in [-0.15, -0.1) is 0 Å². The van der Waals surface area contributed by atoms with Gasteiger partial charge in [0.2, 0.25) is 0 Å². The molecule has 0 aliphatic carbocycles. The van der Waals surface area contributed by atoms with Crippen LogP contribution in [-0.4, -0.2) is 0 Å². The zero-order chi connectivity index (χ0) is 15.1. The zero-order valence-corrected chi connectivity index (χ0v) is 15.1. The molecule has 0 aliphatic heterocycles. The third-order valence-electron chi connectivity index (χ3n) is 3.82. The lowest BCUT2D eigenvalue weighted by atomic mass is 9.99. The van der Waals surface area contributed by atoms with Crippen LogP contribution >= 0.6 is 22.6 Å². The van der Waals surface area contributed by atoms with Crippen molar-refractivity contribution in [3.63, 3.8) is 0 Å². The summed E-state index contributed by atoms with van der Waals surface area (Å²) in [7, 11) is 0. The number of unbranched alkanes of at least 4 members (excludes halogenated alkanes) is 2. The molecule has 2 rings (SSSR count). The van der Waals surface area contributed by atoms with Gasteiger partial charge in [-0.1, -0.05) is 56.5 Å². The van der Waals surface area contributed by atoms with Gasteiger partial charge < -0.3 is 5.32 Å². The molecule has 1 atom stereocenters. The van der Waals surface area contributed by atoms with Crippen LogP contribution in [0.3, 0.4) is 0 Å². The van der Waals surface area contributed by atoms with Crippen LogP contribution in [0.1, 0.15) is 49.8 Å². The largest absolute Gasteiger partial charge is 0.378 e. The molecule has 1 N–H and O–H groups in total. The Morgan fingerprint density at radius 1 is 1.05 bits per heavy atom. The van der Waals surface area contributed by atoms with Crippen LogP contribution in [0.2, 0.25) is 0 Å². The second kappa shape index (κ2) is 8.42. The standard InChI is InChI=1S/C19H24IN/c1-3-4-6-11-19(16-9-7-5-8-10-16)21-18-13-12-17(20)14-15(18)2/h5,7-10,12-14,19,21H,3-4,6,11H2,1-2H3. The van der Waals surface area contributed by atoms with E-state index in [1.807, 2.05) is 0 Å². The fourth-order valence-electron chi connectivity index (χ4n) is 2.58. The highest BCUT2D eigenvalue weighted by Crippen LogP contribution is 2.27. The molecular formula is C19H24IN. The molecule has 1 nitrogen and oxygen atoms in total. The van der Waals surface area contributed by atoms with E-state index in [-0.39, 0.29) is 0 Å². The van der Waals surface area contributed by atoms with Crippen LogP contribution in [-0.2, 0) is 0 Å². The number of aryl methyl sites for hydroxylation is 1. The minimum Gasteiger partial charge on any atom is -0.378 e. The number of hydrogen-bond donors (Lipinski definition) is 1. The molecular weight excluding hydrogens is 369 g/mol. The van der Waals surface area contributed by atoms with E-state index in [0.717, 1.165) is 0 Å². The van der Waals surface area contributed by atoms with E-state index >= 15 is 0 Å². The van der Waals surface area contributed by atoms with Gasteiger partial charge in [-0.2, -0.15) is 0 Å². The first kappa shape index (κ1) is 16.3. The first-order chi connectivity index (χ1) is 10.2. The van der Waals surface area contributed by atoms with E-state index in [1.165, 1.54) is 46.1 Å². The third-order valence-corrected chi connectivity index (χ3v) is 4.49. The molecule has 2 aromatic carbocycles. The van der Waals surface area contributed by atoms with Crippen molar-refractivity contribution in [1.82, 2.24) is 0 Å². The summed E-state index contributed by atoms with van der Waals surface area (Å²) in [4.78, 5) is 0. The molecule has 0 aliphatic rings. The lowest BCUT2D eigenvalue weighted by Crippen LogP contribution is -2.11. The molecule has 21 heavy (non-hydrogen) atoms. The number of benzene rings is 2. The highest BCUT2D eigenvalue weighted by molar-refractivity contribution is 14.1.